The number of alkyl halides is 3. The Kier molecular flexibility index (Phi) is 5.28. The number of carbonyl (C=O) groups excluding carboxylic acids is 1. The van der Waals surface area contributed by atoms with Crippen molar-refractivity contribution in [1.82, 2.24) is 0 Å². The van der Waals surface area contributed by atoms with Gasteiger partial charge in [0.2, 0.25) is 5.91 Å². The minimum absolute atomic E-state index is 0.273. The first kappa shape index (κ1) is 17.6. The molecule has 0 fully saturated rings. The number of para-hydroxylation sites is 1. The van der Waals surface area contributed by atoms with E-state index < -0.39 is 17.6 Å². The quantitative estimate of drug-likeness (QED) is 0.824. The van der Waals surface area contributed by atoms with Crippen molar-refractivity contribution < 1.29 is 22.7 Å². The van der Waals surface area contributed by atoms with Crippen molar-refractivity contribution in [3.8, 4) is 5.75 Å². The molecular formula is C18H16F3NO2. The number of hydrogen-bond donors (Lipinski definition) is 1. The fourth-order valence-corrected chi connectivity index (χ4v) is 2.19. The standard InChI is InChI=1S/C18H16F3NO2/c1-12-11-13(7-9-16(12)24-2)8-10-17(23)22-15-6-4-3-5-14(15)18(19,20)21/h3-11H,1-2H3,(H,22,23). The van der Waals surface area contributed by atoms with Crippen molar-refractivity contribution in [1.29, 1.82) is 0 Å². The van der Waals surface area contributed by atoms with Crippen molar-refractivity contribution in [2.75, 3.05) is 12.4 Å². The number of ether oxygens (including phenoxy) is 1. The molecule has 0 spiro atoms. The third kappa shape index (κ3) is 4.38. The molecule has 3 nitrogen and oxygen atoms in total. The molecule has 0 saturated carbocycles. The van der Waals surface area contributed by atoms with E-state index in [0.717, 1.165) is 22.9 Å². The summed E-state index contributed by atoms with van der Waals surface area (Å²) in [4.78, 5) is 11.9. The van der Waals surface area contributed by atoms with Gasteiger partial charge in [-0.15, -0.1) is 0 Å². The van der Waals surface area contributed by atoms with Crippen molar-refractivity contribution in [2.45, 2.75) is 13.1 Å². The Balaban J connectivity index is 2.13. The highest BCUT2D eigenvalue weighted by Gasteiger charge is 2.33. The second-order valence-electron chi connectivity index (χ2n) is 5.09. The zero-order valence-corrected chi connectivity index (χ0v) is 13.1. The minimum atomic E-state index is -4.53. The highest BCUT2D eigenvalue weighted by molar-refractivity contribution is 6.02. The lowest BCUT2D eigenvalue weighted by Gasteiger charge is -2.12. The van der Waals surface area contributed by atoms with Gasteiger partial charge in [0.1, 0.15) is 5.75 Å². The minimum Gasteiger partial charge on any atom is -0.496 e. The van der Waals surface area contributed by atoms with Gasteiger partial charge in [-0.05, 0) is 48.4 Å². The van der Waals surface area contributed by atoms with E-state index in [9.17, 15) is 18.0 Å². The van der Waals surface area contributed by atoms with Crippen molar-refractivity contribution in [3.05, 3.63) is 65.2 Å². The Morgan fingerprint density at radius 3 is 2.50 bits per heavy atom. The van der Waals surface area contributed by atoms with E-state index in [4.69, 9.17) is 4.74 Å². The largest absolute Gasteiger partial charge is 0.496 e. The number of aryl methyl sites for hydroxylation is 1. The van der Waals surface area contributed by atoms with Crippen LogP contribution in [-0.2, 0) is 11.0 Å². The van der Waals surface area contributed by atoms with Crippen LogP contribution in [0, 0.1) is 6.92 Å². The van der Waals surface area contributed by atoms with E-state index in [2.05, 4.69) is 5.32 Å². The Bertz CT molecular complexity index is 767. The van der Waals surface area contributed by atoms with Gasteiger partial charge < -0.3 is 10.1 Å². The molecule has 0 aliphatic rings. The van der Waals surface area contributed by atoms with Crippen molar-refractivity contribution in [3.63, 3.8) is 0 Å². The van der Waals surface area contributed by atoms with Crippen LogP contribution in [-0.4, -0.2) is 13.0 Å². The molecule has 0 radical (unpaired) electrons. The first-order valence-electron chi connectivity index (χ1n) is 7.11. The molecule has 0 heterocycles. The second kappa shape index (κ2) is 7.21. The van der Waals surface area contributed by atoms with E-state index in [0.29, 0.717) is 0 Å². The SMILES string of the molecule is COc1ccc(C=CC(=O)Nc2ccccc2C(F)(F)F)cc1C. The summed E-state index contributed by atoms with van der Waals surface area (Å²) in [5, 5.41) is 2.25. The van der Waals surface area contributed by atoms with Gasteiger partial charge in [0.15, 0.2) is 0 Å². The van der Waals surface area contributed by atoms with Gasteiger partial charge in [0, 0.05) is 6.08 Å². The molecule has 2 aromatic carbocycles. The number of benzene rings is 2. The van der Waals surface area contributed by atoms with E-state index >= 15 is 0 Å². The number of hydrogen-bond acceptors (Lipinski definition) is 2. The Morgan fingerprint density at radius 2 is 1.88 bits per heavy atom. The topological polar surface area (TPSA) is 38.3 Å². The molecule has 0 bridgehead atoms. The Labute approximate surface area is 137 Å². The summed E-state index contributed by atoms with van der Waals surface area (Å²) in [6.07, 6.45) is -1.81. The molecular weight excluding hydrogens is 319 g/mol. The number of rotatable bonds is 4. The molecule has 0 aliphatic heterocycles. The first-order valence-corrected chi connectivity index (χ1v) is 7.11. The fourth-order valence-electron chi connectivity index (χ4n) is 2.19. The summed E-state index contributed by atoms with van der Waals surface area (Å²) in [7, 11) is 1.56. The number of nitrogens with one attached hydrogen (secondary N) is 1. The molecule has 0 saturated heterocycles. The molecule has 1 amide bonds. The number of methoxy groups -OCH3 is 1. The van der Waals surface area contributed by atoms with Gasteiger partial charge in [0.25, 0.3) is 0 Å². The first-order chi connectivity index (χ1) is 11.3. The van der Waals surface area contributed by atoms with E-state index in [1.165, 1.54) is 30.4 Å². The molecule has 6 heteroatoms. The lowest BCUT2D eigenvalue weighted by Crippen LogP contribution is -2.14. The van der Waals surface area contributed by atoms with Crippen LogP contribution in [0.3, 0.4) is 0 Å². The average Bonchev–Trinajstić information content (AvgIpc) is 2.52. The maximum absolute atomic E-state index is 12.9. The van der Waals surface area contributed by atoms with Crippen LogP contribution >= 0.6 is 0 Å². The van der Waals surface area contributed by atoms with Gasteiger partial charge in [-0.1, -0.05) is 18.2 Å². The second-order valence-corrected chi connectivity index (χ2v) is 5.09. The van der Waals surface area contributed by atoms with Crippen molar-refractivity contribution >= 4 is 17.7 Å². The lowest BCUT2D eigenvalue weighted by molar-refractivity contribution is -0.136. The summed E-state index contributed by atoms with van der Waals surface area (Å²) in [6, 6.07) is 10.2. The third-order valence-corrected chi connectivity index (χ3v) is 3.34. The van der Waals surface area contributed by atoms with Crippen molar-refractivity contribution in [2.24, 2.45) is 0 Å². The Hall–Kier alpha value is -2.76. The van der Waals surface area contributed by atoms with Crippen LogP contribution in [0.4, 0.5) is 18.9 Å². The highest BCUT2D eigenvalue weighted by Crippen LogP contribution is 2.34. The van der Waals surface area contributed by atoms with Gasteiger partial charge in [-0.25, -0.2) is 0 Å². The van der Waals surface area contributed by atoms with Crippen LogP contribution in [0.5, 0.6) is 5.75 Å². The molecule has 0 atom stereocenters. The number of anilines is 1. The number of carbonyl (C=O) groups is 1. The molecule has 2 rings (SSSR count). The van der Waals surface area contributed by atoms with Gasteiger partial charge in [-0.2, -0.15) is 13.2 Å². The smallest absolute Gasteiger partial charge is 0.418 e. The number of halogens is 3. The summed E-state index contributed by atoms with van der Waals surface area (Å²) in [5.41, 5.74) is 0.479. The molecule has 0 aliphatic carbocycles. The van der Waals surface area contributed by atoms with Gasteiger partial charge in [0.05, 0.1) is 18.4 Å². The summed E-state index contributed by atoms with van der Waals surface area (Å²) in [6.45, 7) is 1.86. The zero-order valence-electron chi connectivity index (χ0n) is 13.1. The average molecular weight is 335 g/mol. The fraction of sp³-hybridized carbons (Fsp3) is 0.167. The van der Waals surface area contributed by atoms with Crippen LogP contribution in [0.15, 0.2) is 48.5 Å². The normalized spacial score (nSPS) is 11.5. The zero-order chi connectivity index (χ0) is 17.7. The highest BCUT2D eigenvalue weighted by atomic mass is 19.4. The van der Waals surface area contributed by atoms with E-state index in [-0.39, 0.29) is 5.69 Å². The van der Waals surface area contributed by atoms with Crippen LogP contribution < -0.4 is 10.1 Å². The third-order valence-electron chi connectivity index (χ3n) is 3.34. The maximum atomic E-state index is 12.9. The molecule has 0 unspecified atom stereocenters. The monoisotopic (exact) mass is 335 g/mol. The van der Waals surface area contributed by atoms with Gasteiger partial charge >= 0.3 is 6.18 Å². The lowest BCUT2D eigenvalue weighted by atomic mass is 10.1. The van der Waals surface area contributed by atoms with E-state index in [1.54, 1.807) is 19.2 Å². The Morgan fingerprint density at radius 1 is 1.17 bits per heavy atom. The predicted molar refractivity (Wildman–Crippen MR) is 86.8 cm³/mol. The molecule has 0 aromatic heterocycles. The van der Waals surface area contributed by atoms with Crippen LogP contribution in [0.2, 0.25) is 0 Å². The van der Waals surface area contributed by atoms with Crippen LogP contribution in [0.25, 0.3) is 6.08 Å². The summed E-state index contributed by atoms with van der Waals surface area (Å²) in [5.74, 6) is 0.0795. The predicted octanol–water partition coefficient (Wildman–Crippen LogP) is 4.67. The van der Waals surface area contributed by atoms with Crippen LogP contribution in [0.1, 0.15) is 16.7 Å². The summed E-state index contributed by atoms with van der Waals surface area (Å²) < 4.78 is 43.8. The maximum Gasteiger partial charge on any atom is 0.418 e. The molecule has 126 valence electrons. The molecule has 2 aromatic rings. The van der Waals surface area contributed by atoms with E-state index in [1.807, 2.05) is 13.0 Å². The molecule has 1 N–H and O–H groups in total. The van der Waals surface area contributed by atoms with Gasteiger partial charge in [-0.3, -0.25) is 4.79 Å². The molecule has 24 heavy (non-hydrogen) atoms. The number of amides is 1. The summed E-state index contributed by atoms with van der Waals surface area (Å²) >= 11 is 0.